The number of likely N-dealkylation sites (tertiary alicyclic amines) is 1. The van der Waals surface area contributed by atoms with Gasteiger partial charge in [-0.25, -0.2) is 0 Å². The number of rotatable bonds is 3. The molecule has 6 nitrogen and oxygen atoms in total. The largest absolute Gasteiger partial charge is 0.338 e. The Kier molecular flexibility index (Phi) is 4.03. The topological polar surface area (TPSA) is 67.2 Å². The van der Waals surface area contributed by atoms with Gasteiger partial charge >= 0.3 is 0 Å². The molecular weight excluding hydrogens is 336 g/mol. The molecule has 1 aromatic carbocycles. The van der Waals surface area contributed by atoms with Crippen molar-refractivity contribution in [2.75, 3.05) is 12.4 Å². The predicted molar refractivity (Wildman–Crippen MR) is 96.9 cm³/mol. The number of hydrogen-bond acceptors (Lipinski definition) is 4. The number of amides is 2. The van der Waals surface area contributed by atoms with Gasteiger partial charge in [-0.05, 0) is 5.56 Å². The van der Waals surface area contributed by atoms with Crippen LogP contribution in [0.4, 0.5) is 5.82 Å². The second-order valence-electron chi connectivity index (χ2n) is 6.55. The van der Waals surface area contributed by atoms with Crippen molar-refractivity contribution in [3.05, 3.63) is 47.2 Å². The van der Waals surface area contributed by atoms with Crippen LogP contribution in [-0.2, 0) is 28.1 Å². The Labute approximate surface area is 150 Å². The second kappa shape index (κ2) is 6.22. The Bertz CT molecular complexity index is 833. The molecule has 130 valence electrons. The molecule has 0 saturated carbocycles. The average Bonchev–Trinajstić information content (AvgIpc) is 3.25. The highest BCUT2D eigenvalue weighted by molar-refractivity contribution is 7.98. The summed E-state index contributed by atoms with van der Waals surface area (Å²) < 4.78 is 1.74. The number of thioether (sulfide) groups is 1. The van der Waals surface area contributed by atoms with Crippen molar-refractivity contribution in [2.24, 2.45) is 13.0 Å². The molecule has 0 radical (unpaired) electrons. The van der Waals surface area contributed by atoms with E-state index in [0.29, 0.717) is 0 Å². The van der Waals surface area contributed by atoms with Crippen molar-refractivity contribution in [1.29, 1.82) is 0 Å². The zero-order valence-electron chi connectivity index (χ0n) is 14.2. The molecular formula is C18H20N4O2S. The molecule has 1 N–H and O–H groups in total. The lowest BCUT2D eigenvalue weighted by atomic mass is 9.93. The maximum Gasteiger partial charge on any atom is 0.231 e. The number of aryl methyl sites for hydroxylation is 1. The second-order valence-corrected chi connectivity index (χ2v) is 7.54. The summed E-state index contributed by atoms with van der Waals surface area (Å²) in [6, 6.07) is 9.52. The number of hydrogen-bond donors (Lipinski definition) is 1. The van der Waals surface area contributed by atoms with Gasteiger partial charge in [-0.15, -0.1) is 0 Å². The van der Waals surface area contributed by atoms with E-state index in [0.717, 1.165) is 34.1 Å². The molecule has 1 saturated heterocycles. The van der Waals surface area contributed by atoms with E-state index >= 15 is 0 Å². The van der Waals surface area contributed by atoms with E-state index in [1.165, 1.54) is 0 Å². The molecule has 2 amide bonds. The van der Waals surface area contributed by atoms with Gasteiger partial charge in [-0.3, -0.25) is 14.3 Å². The highest BCUT2D eigenvalue weighted by Gasteiger charge is 2.43. The molecule has 7 heteroatoms. The van der Waals surface area contributed by atoms with Crippen molar-refractivity contribution in [1.82, 2.24) is 14.7 Å². The first-order valence-electron chi connectivity index (χ1n) is 8.30. The predicted octanol–water partition coefficient (Wildman–Crippen LogP) is 2.33. The lowest BCUT2D eigenvalue weighted by Crippen LogP contribution is -2.30. The highest BCUT2D eigenvalue weighted by Crippen LogP contribution is 2.39. The number of carbonyl (C=O) groups is 2. The summed E-state index contributed by atoms with van der Waals surface area (Å²) in [6.07, 6.45) is 0.233. The minimum atomic E-state index is -0.403. The van der Waals surface area contributed by atoms with E-state index in [-0.39, 0.29) is 24.3 Å². The van der Waals surface area contributed by atoms with E-state index in [4.69, 9.17) is 0 Å². The van der Waals surface area contributed by atoms with Gasteiger partial charge in [0, 0.05) is 37.6 Å². The molecule has 2 aliphatic heterocycles. The summed E-state index contributed by atoms with van der Waals surface area (Å²) in [7, 11) is 3.62. The summed E-state index contributed by atoms with van der Waals surface area (Å²) >= 11 is 1.80. The van der Waals surface area contributed by atoms with Crippen LogP contribution in [0.15, 0.2) is 30.3 Å². The first kappa shape index (κ1) is 16.2. The van der Waals surface area contributed by atoms with Crippen molar-refractivity contribution in [2.45, 2.75) is 24.0 Å². The van der Waals surface area contributed by atoms with Crippen LogP contribution in [0, 0.1) is 5.92 Å². The SMILES string of the molecule is CN1C(=O)C[C@@H](C(=O)Nc2c3c(nn2C)CSC3)[C@H]1c1ccccc1. The van der Waals surface area contributed by atoms with Gasteiger partial charge in [0.2, 0.25) is 11.8 Å². The summed E-state index contributed by atoms with van der Waals surface area (Å²) in [4.78, 5) is 26.9. The maximum atomic E-state index is 13.0. The third-order valence-electron chi connectivity index (χ3n) is 5.02. The van der Waals surface area contributed by atoms with Crippen LogP contribution in [-0.4, -0.2) is 33.5 Å². The fraction of sp³-hybridized carbons (Fsp3) is 0.389. The Morgan fingerprint density at radius 2 is 2.00 bits per heavy atom. The molecule has 1 aromatic heterocycles. The Hall–Kier alpha value is -2.28. The van der Waals surface area contributed by atoms with Gasteiger partial charge in [0.25, 0.3) is 0 Å². The molecule has 1 fully saturated rings. The highest BCUT2D eigenvalue weighted by atomic mass is 32.2. The number of carbonyl (C=O) groups excluding carboxylic acids is 2. The normalized spacial score (nSPS) is 22.3. The summed E-state index contributed by atoms with van der Waals surface area (Å²) in [5, 5.41) is 7.52. The Morgan fingerprint density at radius 3 is 2.76 bits per heavy atom. The van der Waals surface area contributed by atoms with Crippen LogP contribution in [0.1, 0.15) is 29.3 Å². The van der Waals surface area contributed by atoms with Crippen molar-refractivity contribution in [3.8, 4) is 0 Å². The van der Waals surface area contributed by atoms with Crippen LogP contribution in [0.25, 0.3) is 0 Å². The van der Waals surface area contributed by atoms with Crippen LogP contribution < -0.4 is 5.32 Å². The van der Waals surface area contributed by atoms with E-state index in [9.17, 15) is 9.59 Å². The van der Waals surface area contributed by atoms with Crippen LogP contribution >= 0.6 is 11.8 Å². The number of benzene rings is 1. The average molecular weight is 356 g/mol. The van der Waals surface area contributed by atoms with Gasteiger partial charge in [-0.1, -0.05) is 30.3 Å². The van der Waals surface area contributed by atoms with Gasteiger partial charge in [0.1, 0.15) is 5.82 Å². The molecule has 2 atom stereocenters. The standard InChI is InChI=1S/C18H20N4O2S/c1-21-15(23)8-12(16(21)11-6-4-3-5-7-11)18(24)19-17-13-9-25-10-14(13)20-22(17)2/h3-7,12,16H,8-10H2,1-2H3,(H,19,24)/t12-,16-/m1/s1. The zero-order chi connectivity index (χ0) is 17.6. The third kappa shape index (κ3) is 2.72. The smallest absolute Gasteiger partial charge is 0.231 e. The van der Waals surface area contributed by atoms with Gasteiger partial charge < -0.3 is 10.2 Å². The number of nitrogens with zero attached hydrogens (tertiary/aromatic N) is 3. The molecule has 0 aliphatic carbocycles. The minimum absolute atomic E-state index is 0.000191. The van der Waals surface area contributed by atoms with Gasteiger partial charge in [0.15, 0.2) is 0 Å². The molecule has 2 aliphatic rings. The van der Waals surface area contributed by atoms with E-state index in [1.54, 1.807) is 28.4 Å². The van der Waals surface area contributed by atoms with Crippen molar-refractivity contribution in [3.63, 3.8) is 0 Å². The molecule has 0 bridgehead atoms. The fourth-order valence-electron chi connectivity index (χ4n) is 3.72. The van der Waals surface area contributed by atoms with Gasteiger partial charge in [-0.2, -0.15) is 16.9 Å². The van der Waals surface area contributed by atoms with Crippen molar-refractivity contribution < 1.29 is 9.59 Å². The first-order chi connectivity index (χ1) is 12.1. The summed E-state index contributed by atoms with van der Waals surface area (Å²) in [6.45, 7) is 0. The molecule has 3 heterocycles. The number of nitrogens with one attached hydrogen (secondary N) is 1. The van der Waals surface area contributed by atoms with Gasteiger partial charge in [0.05, 0.1) is 17.7 Å². The van der Waals surface area contributed by atoms with E-state index in [2.05, 4.69) is 10.4 Å². The lowest BCUT2D eigenvalue weighted by molar-refractivity contribution is -0.127. The van der Waals surface area contributed by atoms with Crippen LogP contribution in [0.3, 0.4) is 0 Å². The number of fused-ring (bicyclic) bond motifs is 1. The Morgan fingerprint density at radius 1 is 1.24 bits per heavy atom. The monoisotopic (exact) mass is 356 g/mol. The van der Waals surface area contributed by atoms with Crippen LogP contribution in [0.2, 0.25) is 0 Å². The quantitative estimate of drug-likeness (QED) is 0.917. The van der Waals surface area contributed by atoms with Crippen LogP contribution in [0.5, 0.6) is 0 Å². The number of aromatic nitrogens is 2. The fourth-order valence-corrected chi connectivity index (χ4v) is 4.75. The van der Waals surface area contributed by atoms with E-state index in [1.807, 2.05) is 37.4 Å². The summed E-state index contributed by atoms with van der Waals surface area (Å²) in [5.41, 5.74) is 3.14. The molecule has 4 rings (SSSR count). The molecule has 0 spiro atoms. The maximum absolute atomic E-state index is 13.0. The summed E-state index contributed by atoms with van der Waals surface area (Å²) in [5.74, 6) is 1.99. The number of anilines is 1. The van der Waals surface area contributed by atoms with Crippen molar-refractivity contribution >= 4 is 29.4 Å². The molecule has 25 heavy (non-hydrogen) atoms. The lowest BCUT2D eigenvalue weighted by Gasteiger charge is -2.25. The van der Waals surface area contributed by atoms with E-state index < -0.39 is 5.92 Å². The Balaban J connectivity index is 1.62. The molecule has 2 aromatic rings. The molecule has 0 unspecified atom stereocenters. The first-order valence-corrected chi connectivity index (χ1v) is 9.45. The zero-order valence-corrected chi connectivity index (χ0v) is 15.0. The minimum Gasteiger partial charge on any atom is -0.338 e. The third-order valence-corrected chi connectivity index (χ3v) is 5.99.